The van der Waals surface area contributed by atoms with E-state index in [2.05, 4.69) is 15.4 Å². The number of benzene rings is 1. The minimum Gasteiger partial charge on any atom is -0.340 e. The van der Waals surface area contributed by atoms with Crippen LogP contribution in [0.25, 0.3) is 10.9 Å². The van der Waals surface area contributed by atoms with Gasteiger partial charge in [0.05, 0.1) is 13.6 Å². The normalized spacial score (nSPS) is 10.9. The van der Waals surface area contributed by atoms with Crippen LogP contribution in [0.3, 0.4) is 0 Å². The minimum atomic E-state index is 0.541. The summed E-state index contributed by atoms with van der Waals surface area (Å²) in [6, 6.07) is 7.57. The van der Waals surface area contributed by atoms with Crippen LogP contribution in [0.5, 0.6) is 0 Å². The molecule has 0 N–H and O–H groups in total. The molecule has 0 bridgehead atoms. The fraction of sp³-hybridized carbons (Fsp3) is 0.167. The van der Waals surface area contributed by atoms with Crippen molar-refractivity contribution in [3.05, 3.63) is 41.9 Å². The summed E-state index contributed by atoms with van der Waals surface area (Å²) in [7, 11) is 1.73. The fourth-order valence-corrected chi connectivity index (χ4v) is 2.03. The molecular formula is C12H11N5O. The Labute approximate surface area is 103 Å². The lowest BCUT2D eigenvalue weighted by Gasteiger charge is -2.02. The number of aromatic nitrogens is 5. The molecule has 6 nitrogen and oxygen atoms in total. The number of aryl methyl sites for hydroxylation is 1. The Balaban J connectivity index is 2.05. The van der Waals surface area contributed by atoms with Gasteiger partial charge in [-0.05, 0) is 17.3 Å². The van der Waals surface area contributed by atoms with E-state index >= 15 is 0 Å². The average molecular weight is 241 g/mol. The first-order chi connectivity index (χ1) is 8.78. The second-order valence-electron chi connectivity index (χ2n) is 4.04. The van der Waals surface area contributed by atoms with Crippen LogP contribution in [0, 0.1) is 0 Å². The van der Waals surface area contributed by atoms with Crippen molar-refractivity contribution in [1.82, 2.24) is 24.8 Å². The Bertz CT molecular complexity index is 712. The molecule has 2 aromatic heterocycles. The highest BCUT2D eigenvalue weighted by molar-refractivity contribution is 5.97. The predicted molar refractivity (Wildman–Crippen MR) is 65.2 cm³/mol. The van der Waals surface area contributed by atoms with Crippen LogP contribution < -0.4 is 0 Å². The maximum absolute atomic E-state index is 10.9. The summed E-state index contributed by atoms with van der Waals surface area (Å²) in [5.41, 5.74) is 1.69. The summed E-state index contributed by atoms with van der Waals surface area (Å²) in [5.74, 6) is 0.645. The first kappa shape index (κ1) is 10.6. The molecule has 3 aromatic rings. The van der Waals surface area contributed by atoms with Crippen molar-refractivity contribution in [1.29, 1.82) is 0 Å². The van der Waals surface area contributed by atoms with Crippen LogP contribution >= 0.6 is 0 Å². The monoisotopic (exact) mass is 241 g/mol. The predicted octanol–water partition coefficient (Wildman–Crippen LogP) is 1.03. The van der Waals surface area contributed by atoms with Crippen LogP contribution in [0.1, 0.15) is 16.2 Å². The van der Waals surface area contributed by atoms with E-state index in [0.717, 1.165) is 17.2 Å². The zero-order chi connectivity index (χ0) is 12.5. The zero-order valence-corrected chi connectivity index (χ0v) is 9.82. The Morgan fingerprint density at radius 3 is 2.94 bits per heavy atom. The highest BCUT2D eigenvalue weighted by Crippen LogP contribution is 2.19. The van der Waals surface area contributed by atoms with Gasteiger partial charge >= 0.3 is 0 Å². The number of tetrazole rings is 1. The van der Waals surface area contributed by atoms with Gasteiger partial charge < -0.3 is 4.57 Å². The molecule has 2 heterocycles. The van der Waals surface area contributed by atoms with E-state index in [9.17, 15) is 4.79 Å². The molecular weight excluding hydrogens is 230 g/mol. The molecule has 90 valence electrons. The molecule has 3 rings (SSSR count). The maximum atomic E-state index is 10.9. The minimum absolute atomic E-state index is 0.541. The molecule has 0 aliphatic heterocycles. The molecule has 0 radical (unpaired) electrons. The third-order valence-electron chi connectivity index (χ3n) is 2.84. The zero-order valence-electron chi connectivity index (χ0n) is 9.82. The first-order valence-electron chi connectivity index (χ1n) is 5.54. The van der Waals surface area contributed by atoms with Gasteiger partial charge in [0.15, 0.2) is 12.1 Å². The lowest BCUT2D eigenvalue weighted by molar-refractivity contribution is 0.112. The van der Waals surface area contributed by atoms with Crippen molar-refractivity contribution in [3.8, 4) is 0 Å². The van der Waals surface area contributed by atoms with Crippen LogP contribution in [-0.4, -0.2) is 31.1 Å². The molecule has 0 aliphatic rings. The maximum Gasteiger partial charge on any atom is 0.194 e. The van der Waals surface area contributed by atoms with E-state index in [-0.39, 0.29) is 0 Å². The summed E-state index contributed by atoms with van der Waals surface area (Å²) < 4.78 is 2.00. The van der Waals surface area contributed by atoms with Gasteiger partial charge in [-0.25, -0.2) is 0 Å². The topological polar surface area (TPSA) is 65.6 Å². The number of hydrogen-bond donors (Lipinski definition) is 0. The lowest BCUT2D eigenvalue weighted by Crippen LogP contribution is -2.01. The van der Waals surface area contributed by atoms with Crippen LogP contribution in [-0.2, 0) is 13.6 Å². The van der Waals surface area contributed by atoms with Crippen molar-refractivity contribution in [2.24, 2.45) is 7.05 Å². The standard InChI is InChI=1S/C12H11N5O/c1-16-14-12(13-15-16)7-17-6-5-10-9(8-18)3-2-4-11(10)17/h2-6,8H,7H2,1H3. The molecule has 0 fully saturated rings. The largest absolute Gasteiger partial charge is 0.340 e. The van der Waals surface area contributed by atoms with Crippen LogP contribution in [0.4, 0.5) is 0 Å². The second kappa shape index (κ2) is 4.06. The molecule has 0 aliphatic carbocycles. The van der Waals surface area contributed by atoms with E-state index in [1.54, 1.807) is 13.1 Å². The molecule has 0 spiro atoms. The van der Waals surface area contributed by atoms with Gasteiger partial charge in [0.1, 0.15) is 0 Å². The van der Waals surface area contributed by atoms with E-state index in [1.807, 2.05) is 29.0 Å². The third kappa shape index (κ3) is 1.67. The number of hydrogen-bond acceptors (Lipinski definition) is 4. The summed E-state index contributed by atoms with van der Waals surface area (Å²) in [4.78, 5) is 12.4. The Hall–Kier alpha value is -2.50. The summed E-state index contributed by atoms with van der Waals surface area (Å²) in [6.45, 7) is 0.541. The van der Waals surface area contributed by atoms with Gasteiger partial charge in [0, 0.05) is 22.7 Å². The molecule has 0 saturated heterocycles. The number of aldehydes is 1. The molecule has 6 heteroatoms. The number of rotatable bonds is 3. The lowest BCUT2D eigenvalue weighted by atomic mass is 10.1. The van der Waals surface area contributed by atoms with Gasteiger partial charge in [-0.2, -0.15) is 4.80 Å². The highest BCUT2D eigenvalue weighted by atomic mass is 16.1. The van der Waals surface area contributed by atoms with E-state index in [4.69, 9.17) is 0 Å². The molecule has 0 atom stereocenters. The Kier molecular flexibility index (Phi) is 2.40. The Morgan fingerprint density at radius 1 is 1.33 bits per heavy atom. The second-order valence-corrected chi connectivity index (χ2v) is 4.04. The van der Waals surface area contributed by atoms with Crippen molar-refractivity contribution in [2.75, 3.05) is 0 Å². The number of carbonyl (C=O) groups excluding carboxylic acids is 1. The summed E-state index contributed by atoms with van der Waals surface area (Å²) in [6.07, 6.45) is 2.79. The molecule has 0 unspecified atom stereocenters. The molecule has 1 aromatic carbocycles. The smallest absolute Gasteiger partial charge is 0.194 e. The van der Waals surface area contributed by atoms with Gasteiger partial charge in [0.25, 0.3) is 0 Å². The fourth-order valence-electron chi connectivity index (χ4n) is 2.03. The van der Waals surface area contributed by atoms with Crippen molar-refractivity contribution >= 4 is 17.2 Å². The number of carbonyl (C=O) groups is 1. The van der Waals surface area contributed by atoms with Gasteiger partial charge in [-0.15, -0.1) is 10.2 Å². The van der Waals surface area contributed by atoms with Gasteiger partial charge in [0.2, 0.25) is 0 Å². The van der Waals surface area contributed by atoms with Crippen molar-refractivity contribution < 1.29 is 4.79 Å². The SMILES string of the molecule is Cn1nnc(Cn2ccc3c(C=O)cccc32)n1. The van der Waals surface area contributed by atoms with Crippen LogP contribution in [0.2, 0.25) is 0 Å². The van der Waals surface area contributed by atoms with Crippen molar-refractivity contribution in [3.63, 3.8) is 0 Å². The van der Waals surface area contributed by atoms with E-state index in [0.29, 0.717) is 17.9 Å². The van der Waals surface area contributed by atoms with Gasteiger partial charge in [-0.3, -0.25) is 4.79 Å². The molecule has 0 saturated carbocycles. The number of nitrogens with zero attached hydrogens (tertiary/aromatic N) is 5. The van der Waals surface area contributed by atoms with Crippen molar-refractivity contribution in [2.45, 2.75) is 6.54 Å². The van der Waals surface area contributed by atoms with Gasteiger partial charge in [-0.1, -0.05) is 12.1 Å². The molecule has 18 heavy (non-hydrogen) atoms. The third-order valence-corrected chi connectivity index (χ3v) is 2.84. The van der Waals surface area contributed by atoms with E-state index in [1.165, 1.54) is 4.80 Å². The summed E-state index contributed by atoms with van der Waals surface area (Å²) in [5, 5.41) is 12.8. The summed E-state index contributed by atoms with van der Waals surface area (Å²) >= 11 is 0. The quantitative estimate of drug-likeness (QED) is 0.642. The average Bonchev–Trinajstić information content (AvgIpc) is 2.97. The van der Waals surface area contributed by atoms with E-state index < -0.39 is 0 Å². The Morgan fingerprint density at radius 2 is 2.22 bits per heavy atom. The highest BCUT2D eigenvalue weighted by Gasteiger charge is 2.07. The van der Waals surface area contributed by atoms with Crippen LogP contribution in [0.15, 0.2) is 30.5 Å². The first-order valence-corrected chi connectivity index (χ1v) is 5.54. The number of fused-ring (bicyclic) bond motifs is 1. The molecule has 0 amide bonds.